The molecule has 33 heavy (non-hydrogen) atoms. The second-order valence-corrected chi connectivity index (χ2v) is 8.19. The standard InChI is InChI=1S/C26H27N5O2/c1-19(2)31(21-9-5-4-6-10-21)25(32)18-30-23-12-8-7-11-22(23)28-24(30)17-29(3)26(33)20-13-15-27-16-14-20/h4-16,19H,17-18H2,1-3H3. The average molecular weight is 442 g/mol. The molecule has 2 aromatic heterocycles. The van der Waals surface area contributed by atoms with Crippen LogP contribution >= 0.6 is 0 Å². The summed E-state index contributed by atoms with van der Waals surface area (Å²) in [5.74, 6) is 0.491. The monoisotopic (exact) mass is 441 g/mol. The molecule has 2 amide bonds. The van der Waals surface area contributed by atoms with Crippen LogP contribution in [0.4, 0.5) is 5.69 Å². The number of pyridine rings is 1. The lowest BCUT2D eigenvalue weighted by Crippen LogP contribution is -2.39. The number of aromatic nitrogens is 3. The molecule has 7 heteroatoms. The summed E-state index contributed by atoms with van der Waals surface area (Å²) in [5, 5.41) is 0. The molecule has 0 fully saturated rings. The van der Waals surface area contributed by atoms with Crippen LogP contribution in [0.25, 0.3) is 11.0 Å². The van der Waals surface area contributed by atoms with Crippen LogP contribution in [0.15, 0.2) is 79.1 Å². The number of benzene rings is 2. The SMILES string of the molecule is CC(C)N(C(=O)Cn1c(CN(C)C(=O)c2ccncc2)nc2ccccc21)c1ccccc1. The molecule has 2 aromatic carbocycles. The third-order valence-electron chi connectivity index (χ3n) is 5.50. The summed E-state index contributed by atoms with van der Waals surface area (Å²) >= 11 is 0. The molecule has 0 radical (unpaired) electrons. The van der Waals surface area contributed by atoms with E-state index in [4.69, 9.17) is 4.98 Å². The number of fused-ring (bicyclic) bond motifs is 1. The number of carbonyl (C=O) groups is 2. The molecule has 0 bridgehead atoms. The van der Waals surface area contributed by atoms with Gasteiger partial charge in [-0.25, -0.2) is 4.98 Å². The highest BCUT2D eigenvalue weighted by Crippen LogP contribution is 2.21. The van der Waals surface area contributed by atoms with E-state index in [2.05, 4.69) is 4.98 Å². The first kappa shape index (κ1) is 22.2. The zero-order chi connectivity index (χ0) is 23.4. The van der Waals surface area contributed by atoms with Crippen LogP contribution in [0.1, 0.15) is 30.0 Å². The summed E-state index contributed by atoms with van der Waals surface area (Å²) < 4.78 is 1.91. The molecule has 0 N–H and O–H groups in total. The normalized spacial score (nSPS) is 11.0. The minimum absolute atomic E-state index is 0.00548. The Balaban J connectivity index is 1.65. The molecule has 0 spiro atoms. The Kier molecular flexibility index (Phi) is 6.49. The van der Waals surface area contributed by atoms with Gasteiger partial charge in [-0.3, -0.25) is 14.6 Å². The van der Waals surface area contributed by atoms with Gasteiger partial charge in [0.2, 0.25) is 5.91 Å². The van der Waals surface area contributed by atoms with Crippen LogP contribution in [0.3, 0.4) is 0 Å². The molecule has 0 saturated carbocycles. The van der Waals surface area contributed by atoms with Crippen LogP contribution < -0.4 is 4.90 Å². The van der Waals surface area contributed by atoms with Crippen molar-refractivity contribution in [3.05, 3.63) is 90.5 Å². The average Bonchev–Trinajstić information content (AvgIpc) is 3.16. The lowest BCUT2D eigenvalue weighted by atomic mass is 10.2. The lowest BCUT2D eigenvalue weighted by molar-refractivity contribution is -0.119. The third kappa shape index (κ3) is 4.77. The Labute approximate surface area is 193 Å². The number of rotatable bonds is 7. The zero-order valence-electron chi connectivity index (χ0n) is 19.0. The summed E-state index contributed by atoms with van der Waals surface area (Å²) in [6, 6.07) is 20.7. The van der Waals surface area contributed by atoms with Crippen molar-refractivity contribution < 1.29 is 9.59 Å². The number of imidazole rings is 1. The molecule has 0 aliphatic carbocycles. The number of hydrogen-bond acceptors (Lipinski definition) is 4. The Bertz CT molecular complexity index is 1250. The predicted molar refractivity (Wildman–Crippen MR) is 129 cm³/mol. The number of amides is 2. The van der Waals surface area contributed by atoms with Crippen molar-refractivity contribution >= 4 is 28.5 Å². The first-order chi connectivity index (χ1) is 16.0. The minimum atomic E-state index is -0.129. The van der Waals surface area contributed by atoms with Crippen molar-refractivity contribution in [3.8, 4) is 0 Å². The molecule has 2 heterocycles. The molecule has 0 unspecified atom stereocenters. The molecule has 4 aromatic rings. The Hall–Kier alpha value is -4.00. The first-order valence-corrected chi connectivity index (χ1v) is 10.9. The van der Waals surface area contributed by atoms with Gasteiger partial charge in [0.25, 0.3) is 5.91 Å². The van der Waals surface area contributed by atoms with Crippen molar-refractivity contribution in [1.29, 1.82) is 0 Å². The molecule has 168 valence electrons. The van der Waals surface area contributed by atoms with Gasteiger partial charge in [0.15, 0.2) is 0 Å². The van der Waals surface area contributed by atoms with Gasteiger partial charge >= 0.3 is 0 Å². The van der Waals surface area contributed by atoms with Gasteiger partial charge in [-0.1, -0.05) is 30.3 Å². The molecular formula is C26H27N5O2. The Morgan fingerprint density at radius 2 is 1.61 bits per heavy atom. The van der Waals surface area contributed by atoms with Gasteiger partial charge in [0, 0.05) is 36.7 Å². The number of anilines is 1. The second-order valence-electron chi connectivity index (χ2n) is 8.19. The second kappa shape index (κ2) is 9.65. The third-order valence-corrected chi connectivity index (χ3v) is 5.50. The van der Waals surface area contributed by atoms with Gasteiger partial charge in [0.05, 0.1) is 17.6 Å². The summed E-state index contributed by atoms with van der Waals surface area (Å²) in [6.07, 6.45) is 3.19. The minimum Gasteiger partial charge on any atom is -0.334 e. The smallest absolute Gasteiger partial charge is 0.254 e. The van der Waals surface area contributed by atoms with Gasteiger partial charge in [-0.05, 0) is 50.2 Å². The molecule has 4 rings (SSSR count). The maximum atomic E-state index is 13.5. The summed E-state index contributed by atoms with van der Waals surface area (Å²) in [7, 11) is 1.73. The highest BCUT2D eigenvalue weighted by Gasteiger charge is 2.23. The van der Waals surface area contributed by atoms with E-state index in [0.717, 1.165) is 16.7 Å². The van der Waals surface area contributed by atoms with Crippen LogP contribution in [0.2, 0.25) is 0 Å². The maximum Gasteiger partial charge on any atom is 0.254 e. The fourth-order valence-electron chi connectivity index (χ4n) is 3.95. The highest BCUT2D eigenvalue weighted by molar-refractivity contribution is 5.95. The topological polar surface area (TPSA) is 71.3 Å². The van der Waals surface area contributed by atoms with Gasteiger partial charge < -0.3 is 14.4 Å². The quantitative estimate of drug-likeness (QED) is 0.432. The van der Waals surface area contributed by atoms with Crippen LogP contribution in [-0.2, 0) is 17.9 Å². The van der Waals surface area contributed by atoms with E-state index in [1.807, 2.05) is 73.0 Å². The van der Waals surface area contributed by atoms with Crippen molar-refractivity contribution in [2.24, 2.45) is 0 Å². The van der Waals surface area contributed by atoms with Gasteiger partial charge in [-0.2, -0.15) is 0 Å². The lowest BCUT2D eigenvalue weighted by Gasteiger charge is -2.27. The van der Waals surface area contributed by atoms with E-state index in [1.165, 1.54) is 0 Å². The van der Waals surface area contributed by atoms with E-state index < -0.39 is 0 Å². The fourth-order valence-corrected chi connectivity index (χ4v) is 3.95. The van der Waals surface area contributed by atoms with Gasteiger partial charge in [-0.15, -0.1) is 0 Å². The summed E-state index contributed by atoms with van der Waals surface area (Å²) in [5.41, 5.74) is 3.07. The number of para-hydroxylation sites is 3. The van der Waals surface area contributed by atoms with E-state index in [-0.39, 0.29) is 30.9 Å². The number of nitrogens with zero attached hydrogens (tertiary/aromatic N) is 5. The first-order valence-electron chi connectivity index (χ1n) is 10.9. The van der Waals surface area contributed by atoms with E-state index >= 15 is 0 Å². The Morgan fingerprint density at radius 3 is 2.30 bits per heavy atom. The molecule has 0 saturated heterocycles. The van der Waals surface area contributed by atoms with E-state index in [1.54, 1.807) is 41.4 Å². The van der Waals surface area contributed by atoms with Gasteiger partial charge in [0.1, 0.15) is 12.4 Å². The highest BCUT2D eigenvalue weighted by atomic mass is 16.2. The van der Waals surface area contributed by atoms with Crippen molar-refractivity contribution in [1.82, 2.24) is 19.4 Å². The fraction of sp³-hybridized carbons (Fsp3) is 0.231. The molecule has 0 atom stereocenters. The predicted octanol–water partition coefficient (Wildman–Crippen LogP) is 4.15. The summed E-state index contributed by atoms with van der Waals surface area (Å²) in [6.45, 7) is 4.40. The molecule has 7 nitrogen and oxygen atoms in total. The van der Waals surface area contributed by atoms with E-state index in [9.17, 15) is 9.59 Å². The van der Waals surface area contributed by atoms with E-state index in [0.29, 0.717) is 11.4 Å². The molecule has 0 aliphatic heterocycles. The largest absolute Gasteiger partial charge is 0.334 e. The number of carbonyl (C=O) groups excluding carboxylic acids is 2. The zero-order valence-corrected chi connectivity index (χ0v) is 19.0. The summed E-state index contributed by atoms with van der Waals surface area (Å²) in [4.78, 5) is 38.5. The van der Waals surface area contributed by atoms with Crippen molar-refractivity contribution in [2.45, 2.75) is 33.0 Å². The molecule has 0 aliphatic rings. The Morgan fingerprint density at radius 1 is 0.939 bits per heavy atom. The number of hydrogen-bond donors (Lipinski definition) is 0. The maximum absolute atomic E-state index is 13.5. The van der Waals surface area contributed by atoms with Crippen molar-refractivity contribution in [3.63, 3.8) is 0 Å². The van der Waals surface area contributed by atoms with Crippen LogP contribution in [0.5, 0.6) is 0 Å². The van der Waals surface area contributed by atoms with Crippen LogP contribution in [0, 0.1) is 0 Å². The van der Waals surface area contributed by atoms with Crippen LogP contribution in [-0.4, -0.2) is 44.3 Å². The van der Waals surface area contributed by atoms with Crippen molar-refractivity contribution in [2.75, 3.05) is 11.9 Å². The molecular weight excluding hydrogens is 414 g/mol.